The van der Waals surface area contributed by atoms with E-state index in [1.807, 2.05) is 0 Å². The van der Waals surface area contributed by atoms with Crippen LogP contribution in [0.25, 0.3) is 0 Å². The van der Waals surface area contributed by atoms with Crippen molar-refractivity contribution in [3.8, 4) is 0 Å². The molecule has 0 N–H and O–H groups in total. The van der Waals surface area contributed by atoms with Crippen LogP contribution < -0.4 is 0 Å². The van der Waals surface area contributed by atoms with Gasteiger partial charge in [0.2, 0.25) is 0 Å². The highest BCUT2D eigenvalue weighted by molar-refractivity contribution is 4.80. The van der Waals surface area contributed by atoms with Crippen LogP contribution in [0.5, 0.6) is 0 Å². The van der Waals surface area contributed by atoms with Gasteiger partial charge in [0.15, 0.2) is 0 Å². The maximum absolute atomic E-state index is 2.47. The van der Waals surface area contributed by atoms with Crippen LogP contribution in [0.3, 0.4) is 0 Å². The van der Waals surface area contributed by atoms with E-state index in [9.17, 15) is 0 Å². The van der Waals surface area contributed by atoms with Crippen molar-refractivity contribution < 1.29 is 0 Å². The fourth-order valence-electron chi connectivity index (χ4n) is 3.28. The third kappa shape index (κ3) is 8.00. The predicted octanol–water partition coefficient (Wildman–Crippen LogP) is 6.94. The SMILES string of the molecule is CCC(C)CCC(C)(C)CCC(C(C)C)C(C)(C)C. The molecule has 0 aliphatic carbocycles. The molecule has 0 aliphatic rings. The molecule has 0 heterocycles. The van der Waals surface area contributed by atoms with Gasteiger partial charge in [0.1, 0.15) is 0 Å². The van der Waals surface area contributed by atoms with Gasteiger partial charge >= 0.3 is 0 Å². The number of hydrogen-bond donors (Lipinski definition) is 0. The van der Waals surface area contributed by atoms with E-state index in [0.717, 1.165) is 17.8 Å². The summed E-state index contributed by atoms with van der Waals surface area (Å²) in [4.78, 5) is 0. The van der Waals surface area contributed by atoms with Gasteiger partial charge in [-0.1, -0.05) is 75.2 Å². The van der Waals surface area contributed by atoms with Gasteiger partial charge in [0.25, 0.3) is 0 Å². The van der Waals surface area contributed by atoms with Crippen molar-refractivity contribution in [3.05, 3.63) is 0 Å². The zero-order chi connectivity index (χ0) is 15.3. The Morgan fingerprint density at radius 3 is 1.63 bits per heavy atom. The van der Waals surface area contributed by atoms with E-state index in [-0.39, 0.29) is 0 Å². The zero-order valence-corrected chi connectivity index (χ0v) is 15.3. The maximum atomic E-state index is 2.47. The van der Waals surface area contributed by atoms with Crippen LogP contribution in [0.1, 0.15) is 94.4 Å². The van der Waals surface area contributed by atoms with Gasteiger partial charge in [-0.15, -0.1) is 0 Å². The zero-order valence-electron chi connectivity index (χ0n) is 15.3. The molecule has 0 saturated heterocycles. The third-order valence-electron chi connectivity index (χ3n) is 5.06. The van der Waals surface area contributed by atoms with Gasteiger partial charge < -0.3 is 0 Å². The monoisotopic (exact) mass is 268 g/mol. The minimum Gasteiger partial charge on any atom is -0.0651 e. The standard InChI is InChI=1S/C19H40/c1-10-16(4)11-13-19(8,9)14-12-17(15(2)3)18(5,6)7/h15-17H,10-14H2,1-9H3. The second kappa shape index (κ2) is 7.70. The molecule has 0 heteroatoms. The van der Waals surface area contributed by atoms with Crippen LogP contribution in [-0.4, -0.2) is 0 Å². The Labute approximate surface area is 123 Å². The first kappa shape index (κ1) is 19.0. The topological polar surface area (TPSA) is 0 Å². The smallest absolute Gasteiger partial charge is 0.0342 e. The fourth-order valence-corrected chi connectivity index (χ4v) is 3.28. The van der Waals surface area contributed by atoms with Gasteiger partial charge in [-0.05, 0) is 47.8 Å². The van der Waals surface area contributed by atoms with E-state index in [2.05, 4.69) is 62.3 Å². The highest BCUT2D eigenvalue weighted by Gasteiger charge is 2.29. The Balaban J connectivity index is 4.34. The fraction of sp³-hybridized carbons (Fsp3) is 1.00. The summed E-state index contributed by atoms with van der Waals surface area (Å²) in [6, 6.07) is 0. The van der Waals surface area contributed by atoms with Gasteiger partial charge in [0.05, 0.1) is 0 Å². The highest BCUT2D eigenvalue weighted by atomic mass is 14.3. The molecule has 0 rings (SSSR count). The lowest BCUT2D eigenvalue weighted by Gasteiger charge is -2.37. The van der Waals surface area contributed by atoms with Crippen LogP contribution >= 0.6 is 0 Å². The summed E-state index contributed by atoms with van der Waals surface area (Å²) in [5.41, 5.74) is 0.961. The molecule has 0 radical (unpaired) electrons. The minimum atomic E-state index is 0.445. The third-order valence-corrected chi connectivity index (χ3v) is 5.06. The highest BCUT2D eigenvalue weighted by Crippen LogP contribution is 2.40. The molecule has 116 valence electrons. The summed E-state index contributed by atoms with van der Waals surface area (Å²) in [5.74, 6) is 2.53. The summed E-state index contributed by atoms with van der Waals surface area (Å²) in [7, 11) is 0. The first-order valence-electron chi connectivity index (χ1n) is 8.49. The summed E-state index contributed by atoms with van der Waals surface area (Å²) in [6.45, 7) is 21.6. The average Bonchev–Trinajstić information content (AvgIpc) is 2.23. The minimum absolute atomic E-state index is 0.445. The Morgan fingerprint density at radius 2 is 1.26 bits per heavy atom. The molecule has 0 aromatic carbocycles. The van der Waals surface area contributed by atoms with Crippen molar-refractivity contribution >= 4 is 0 Å². The van der Waals surface area contributed by atoms with E-state index >= 15 is 0 Å². The molecular weight excluding hydrogens is 228 g/mol. The van der Waals surface area contributed by atoms with E-state index in [1.165, 1.54) is 32.1 Å². The van der Waals surface area contributed by atoms with Crippen LogP contribution in [0.15, 0.2) is 0 Å². The molecule has 0 spiro atoms. The normalized spacial score (nSPS) is 16.7. The number of rotatable bonds is 8. The van der Waals surface area contributed by atoms with Crippen LogP contribution in [0.2, 0.25) is 0 Å². The molecule has 0 aromatic heterocycles. The molecule has 2 atom stereocenters. The molecule has 19 heavy (non-hydrogen) atoms. The second-order valence-corrected chi connectivity index (χ2v) is 8.97. The lowest BCUT2D eigenvalue weighted by molar-refractivity contribution is 0.136. The summed E-state index contributed by atoms with van der Waals surface area (Å²) < 4.78 is 0. The second-order valence-electron chi connectivity index (χ2n) is 8.97. The lowest BCUT2D eigenvalue weighted by atomic mass is 9.69. The van der Waals surface area contributed by atoms with Gasteiger partial charge in [-0.3, -0.25) is 0 Å². The van der Waals surface area contributed by atoms with Crippen molar-refractivity contribution in [1.82, 2.24) is 0 Å². The molecule has 0 saturated carbocycles. The largest absolute Gasteiger partial charge is 0.0651 e. The molecule has 0 amide bonds. The van der Waals surface area contributed by atoms with Crippen molar-refractivity contribution in [2.45, 2.75) is 94.4 Å². The van der Waals surface area contributed by atoms with Crippen molar-refractivity contribution in [3.63, 3.8) is 0 Å². The van der Waals surface area contributed by atoms with E-state index in [1.54, 1.807) is 0 Å². The molecular formula is C19H40. The number of hydrogen-bond acceptors (Lipinski definition) is 0. The van der Waals surface area contributed by atoms with Crippen LogP contribution in [0.4, 0.5) is 0 Å². The molecule has 0 nitrogen and oxygen atoms in total. The lowest BCUT2D eigenvalue weighted by Crippen LogP contribution is -2.27. The summed E-state index contributed by atoms with van der Waals surface area (Å²) >= 11 is 0. The molecule has 0 aliphatic heterocycles. The molecule has 0 bridgehead atoms. The van der Waals surface area contributed by atoms with Crippen LogP contribution in [-0.2, 0) is 0 Å². The summed E-state index contributed by atoms with van der Waals surface area (Å²) in [6.07, 6.45) is 6.87. The van der Waals surface area contributed by atoms with E-state index in [4.69, 9.17) is 0 Å². The van der Waals surface area contributed by atoms with Gasteiger partial charge in [-0.2, -0.15) is 0 Å². The Kier molecular flexibility index (Phi) is 7.70. The molecule has 0 aromatic rings. The van der Waals surface area contributed by atoms with Crippen molar-refractivity contribution in [1.29, 1.82) is 0 Å². The molecule has 2 unspecified atom stereocenters. The quantitative estimate of drug-likeness (QED) is 0.447. The van der Waals surface area contributed by atoms with Crippen molar-refractivity contribution in [2.75, 3.05) is 0 Å². The van der Waals surface area contributed by atoms with Gasteiger partial charge in [0, 0.05) is 0 Å². The summed E-state index contributed by atoms with van der Waals surface area (Å²) in [5, 5.41) is 0. The Hall–Kier alpha value is 0. The molecule has 0 fully saturated rings. The average molecular weight is 269 g/mol. The first-order chi connectivity index (χ1) is 8.49. The first-order valence-corrected chi connectivity index (χ1v) is 8.49. The maximum Gasteiger partial charge on any atom is -0.0342 e. The van der Waals surface area contributed by atoms with Crippen LogP contribution in [0, 0.1) is 28.6 Å². The Morgan fingerprint density at radius 1 is 0.789 bits per heavy atom. The van der Waals surface area contributed by atoms with E-state index < -0.39 is 0 Å². The van der Waals surface area contributed by atoms with Crippen molar-refractivity contribution in [2.24, 2.45) is 28.6 Å². The van der Waals surface area contributed by atoms with E-state index in [0.29, 0.717) is 10.8 Å². The predicted molar refractivity (Wildman–Crippen MR) is 89.5 cm³/mol. The Bertz CT molecular complexity index is 229. The van der Waals surface area contributed by atoms with Gasteiger partial charge in [-0.25, -0.2) is 0 Å².